The van der Waals surface area contributed by atoms with Crippen LogP contribution in [0.5, 0.6) is 0 Å². The number of hydrogen-bond acceptors (Lipinski definition) is 5. The number of carbonyl (C=O) groups excluding carboxylic acids is 1. The molecular formula is C17H15Cl2FN6O3. The van der Waals surface area contributed by atoms with Crippen LogP contribution in [0.3, 0.4) is 0 Å². The molecule has 0 aliphatic rings. The minimum atomic E-state index is -0.535. The molecule has 0 bridgehead atoms. The molecule has 0 saturated heterocycles. The van der Waals surface area contributed by atoms with Gasteiger partial charge >= 0.3 is 5.69 Å². The predicted octanol–water partition coefficient (Wildman–Crippen LogP) is 3.82. The molecule has 152 valence electrons. The van der Waals surface area contributed by atoms with Crippen LogP contribution in [0.4, 0.5) is 15.9 Å². The number of nitrogens with zero attached hydrogens (tertiary/aromatic N) is 5. The Balaban J connectivity index is 1.63. The number of carbonyl (C=O) groups is 1. The van der Waals surface area contributed by atoms with Crippen LogP contribution < -0.4 is 5.32 Å². The number of benzene rings is 1. The first-order chi connectivity index (χ1) is 13.8. The van der Waals surface area contributed by atoms with Gasteiger partial charge in [-0.25, -0.2) is 4.39 Å². The molecule has 0 atom stereocenters. The molecule has 0 spiro atoms. The van der Waals surface area contributed by atoms with Crippen molar-refractivity contribution in [2.45, 2.75) is 26.4 Å². The lowest BCUT2D eigenvalue weighted by atomic mass is 10.2. The van der Waals surface area contributed by atoms with Gasteiger partial charge in [-0.15, -0.1) is 0 Å². The van der Waals surface area contributed by atoms with Crippen molar-refractivity contribution >= 4 is 40.6 Å². The molecular weight excluding hydrogens is 426 g/mol. The Bertz CT molecular complexity index is 1060. The van der Waals surface area contributed by atoms with E-state index < -0.39 is 16.6 Å². The van der Waals surface area contributed by atoms with Crippen molar-refractivity contribution in [3.63, 3.8) is 0 Å². The van der Waals surface area contributed by atoms with E-state index in [2.05, 4.69) is 15.5 Å². The number of hydrogen-bond donors (Lipinski definition) is 1. The van der Waals surface area contributed by atoms with Gasteiger partial charge in [0.25, 0.3) is 0 Å². The number of rotatable bonds is 7. The highest BCUT2D eigenvalue weighted by Crippen LogP contribution is 2.24. The van der Waals surface area contributed by atoms with Crippen LogP contribution in [0.25, 0.3) is 0 Å². The molecule has 9 nitrogen and oxygen atoms in total. The van der Waals surface area contributed by atoms with Crippen LogP contribution in [-0.2, 0) is 17.9 Å². The van der Waals surface area contributed by atoms with Crippen LogP contribution in [0, 0.1) is 22.9 Å². The van der Waals surface area contributed by atoms with Crippen molar-refractivity contribution in [1.29, 1.82) is 0 Å². The number of halogens is 3. The minimum Gasteiger partial charge on any atom is -0.308 e. The number of nitrogens with one attached hydrogen (secondary N) is 1. The largest absolute Gasteiger partial charge is 0.309 e. The third-order valence-electron chi connectivity index (χ3n) is 4.18. The maximum Gasteiger partial charge on any atom is 0.309 e. The molecule has 2 heterocycles. The first-order valence-electron chi connectivity index (χ1n) is 8.38. The molecule has 2 aromatic heterocycles. The molecule has 0 fully saturated rings. The van der Waals surface area contributed by atoms with Gasteiger partial charge in [-0.3, -0.25) is 24.3 Å². The van der Waals surface area contributed by atoms with E-state index in [1.807, 2.05) is 0 Å². The minimum absolute atomic E-state index is 0.00199. The average molecular weight is 441 g/mol. The SMILES string of the molecule is Cc1c([N+](=O)[O-])cnn1CCC(=O)Nc1nn(Cc2c(F)cccc2Cl)cc1Cl. The lowest BCUT2D eigenvalue weighted by molar-refractivity contribution is -0.385. The molecule has 0 aliphatic heterocycles. The second-order valence-corrected chi connectivity index (χ2v) is 6.93. The summed E-state index contributed by atoms with van der Waals surface area (Å²) in [7, 11) is 0. The molecule has 1 N–H and O–H groups in total. The van der Waals surface area contributed by atoms with Crippen molar-refractivity contribution in [3.8, 4) is 0 Å². The summed E-state index contributed by atoms with van der Waals surface area (Å²) in [6.07, 6.45) is 2.59. The third-order valence-corrected chi connectivity index (χ3v) is 4.81. The summed E-state index contributed by atoms with van der Waals surface area (Å²) in [4.78, 5) is 22.5. The van der Waals surface area contributed by atoms with E-state index in [4.69, 9.17) is 23.2 Å². The Labute approximate surface area is 174 Å². The Morgan fingerprint density at radius 2 is 2.10 bits per heavy atom. The predicted molar refractivity (Wildman–Crippen MR) is 105 cm³/mol. The lowest BCUT2D eigenvalue weighted by Crippen LogP contribution is -2.16. The monoisotopic (exact) mass is 440 g/mol. The lowest BCUT2D eigenvalue weighted by Gasteiger charge is -2.06. The van der Waals surface area contributed by atoms with Crippen LogP contribution in [0.15, 0.2) is 30.6 Å². The Morgan fingerprint density at radius 1 is 1.34 bits per heavy atom. The molecule has 0 aliphatic carbocycles. The number of nitro groups is 1. The quantitative estimate of drug-likeness (QED) is 0.443. The summed E-state index contributed by atoms with van der Waals surface area (Å²) in [5.74, 6) is -0.760. The number of aryl methyl sites for hydroxylation is 1. The molecule has 29 heavy (non-hydrogen) atoms. The van der Waals surface area contributed by atoms with E-state index in [9.17, 15) is 19.3 Å². The second-order valence-electron chi connectivity index (χ2n) is 6.12. The maximum absolute atomic E-state index is 13.9. The van der Waals surface area contributed by atoms with Gasteiger partial charge in [0.05, 0.1) is 18.0 Å². The van der Waals surface area contributed by atoms with Crippen LogP contribution in [0.1, 0.15) is 17.7 Å². The van der Waals surface area contributed by atoms with E-state index in [-0.39, 0.29) is 46.6 Å². The number of aromatic nitrogens is 4. The smallest absolute Gasteiger partial charge is 0.308 e. The summed E-state index contributed by atoms with van der Waals surface area (Å²) in [6, 6.07) is 4.35. The summed E-state index contributed by atoms with van der Waals surface area (Å²) in [5, 5.41) is 21.9. The standard InChI is InChI=1S/C17H15Cl2FN6O3/c1-10-15(26(28)29)7-21-25(10)6-5-16(27)22-17-13(19)9-24(23-17)8-11-12(18)3-2-4-14(11)20/h2-4,7,9H,5-6,8H2,1H3,(H,22,23,27). The van der Waals surface area contributed by atoms with Gasteiger partial charge in [0.1, 0.15) is 22.7 Å². The molecule has 0 unspecified atom stereocenters. The average Bonchev–Trinajstić information content (AvgIpc) is 3.19. The molecule has 0 radical (unpaired) electrons. The normalized spacial score (nSPS) is 10.9. The topological polar surface area (TPSA) is 108 Å². The molecule has 0 saturated carbocycles. The van der Waals surface area contributed by atoms with Gasteiger partial charge in [-0.2, -0.15) is 10.2 Å². The molecule has 12 heteroatoms. The Morgan fingerprint density at radius 3 is 2.76 bits per heavy atom. The van der Waals surface area contributed by atoms with Crippen LogP contribution in [0.2, 0.25) is 10.0 Å². The summed E-state index contributed by atoms with van der Waals surface area (Å²) in [5.41, 5.74) is 0.493. The Kier molecular flexibility index (Phi) is 6.14. The summed E-state index contributed by atoms with van der Waals surface area (Å²) in [6.45, 7) is 1.74. The van der Waals surface area contributed by atoms with Gasteiger partial charge < -0.3 is 5.32 Å². The van der Waals surface area contributed by atoms with E-state index >= 15 is 0 Å². The molecule has 1 aromatic carbocycles. The first-order valence-corrected chi connectivity index (χ1v) is 9.14. The van der Waals surface area contributed by atoms with Crippen LogP contribution >= 0.6 is 23.2 Å². The number of anilines is 1. The van der Waals surface area contributed by atoms with Crippen LogP contribution in [-0.4, -0.2) is 30.4 Å². The molecule has 3 rings (SSSR count). The van der Waals surface area contributed by atoms with E-state index in [1.165, 1.54) is 27.7 Å². The first kappa shape index (κ1) is 20.7. The third kappa shape index (κ3) is 4.72. The zero-order chi connectivity index (χ0) is 21.1. The summed E-state index contributed by atoms with van der Waals surface area (Å²) < 4.78 is 16.7. The fourth-order valence-corrected chi connectivity index (χ4v) is 3.07. The van der Waals surface area contributed by atoms with Gasteiger partial charge in [0.15, 0.2) is 5.82 Å². The van der Waals surface area contributed by atoms with Gasteiger partial charge in [-0.1, -0.05) is 29.3 Å². The highest BCUT2D eigenvalue weighted by Gasteiger charge is 2.18. The van der Waals surface area contributed by atoms with Crippen molar-refractivity contribution in [1.82, 2.24) is 19.6 Å². The highest BCUT2D eigenvalue weighted by molar-refractivity contribution is 6.33. The van der Waals surface area contributed by atoms with Gasteiger partial charge in [-0.05, 0) is 19.1 Å². The fourth-order valence-electron chi connectivity index (χ4n) is 2.65. The fraction of sp³-hybridized carbons (Fsp3) is 0.235. The maximum atomic E-state index is 13.9. The molecule has 3 aromatic rings. The summed E-state index contributed by atoms with van der Waals surface area (Å²) >= 11 is 12.1. The Hall–Kier alpha value is -2.98. The number of amides is 1. The zero-order valence-corrected chi connectivity index (χ0v) is 16.6. The van der Waals surface area contributed by atoms with Gasteiger partial charge in [0.2, 0.25) is 5.91 Å². The van der Waals surface area contributed by atoms with Crippen molar-refractivity contribution in [2.75, 3.05) is 5.32 Å². The van der Waals surface area contributed by atoms with Crippen molar-refractivity contribution in [3.05, 3.63) is 67.8 Å². The van der Waals surface area contributed by atoms with Crippen molar-refractivity contribution in [2.24, 2.45) is 0 Å². The van der Waals surface area contributed by atoms with Crippen molar-refractivity contribution < 1.29 is 14.1 Å². The van der Waals surface area contributed by atoms with E-state index in [1.54, 1.807) is 13.0 Å². The van der Waals surface area contributed by atoms with Gasteiger partial charge in [0, 0.05) is 23.2 Å². The zero-order valence-electron chi connectivity index (χ0n) is 15.1. The van der Waals surface area contributed by atoms with E-state index in [0.29, 0.717) is 5.69 Å². The molecule has 1 amide bonds. The second kappa shape index (κ2) is 8.58. The highest BCUT2D eigenvalue weighted by atomic mass is 35.5. The van der Waals surface area contributed by atoms with E-state index in [0.717, 1.165) is 6.20 Å².